The SMILES string of the molecule is COc1ccc2c(O)c(N=Nc3ccccc3)ccc2c1. The number of methoxy groups -OCH3 is 1. The monoisotopic (exact) mass is 278 g/mol. The smallest absolute Gasteiger partial charge is 0.150 e. The zero-order valence-corrected chi connectivity index (χ0v) is 11.5. The topological polar surface area (TPSA) is 54.2 Å². The van der Waals surface area contributed by atoms with Crippen molar-refractivity contribution in [1.82, 2.24) is 0 Å². The fourth-order valence-electron chi connectivity index (χ4n) is 2.09. The highest BCUT2D eigenvalue weighted by Crippen LogP contribution is 2.36. The summed E-state index contributed by atoms with van der Waals surface area (Å²) in [5, 5.41) is 20.1. The Bertz CT molecular complexity index is 798. The number of phenols is 1. The molecule has 0 atom stereocenters. The Morgan fingerprint density at radius 3 is 2.48 bits per heavy atom. The minimum atomic E-state index is 0.120. The first-order chi connectivity index (χ1) is 10.3. The molecule has 3 aromatic rings. The third kappa shape index (κ3) is 2.69. The molecule has 4 nitrogen and oxygen atoms in total. The zero-order chi connectivity index (χ0) is 14.7. The molecule has 4 heteroatoms. The summed E-state index contributed by atoms with van der Waals surface area (Å²) in [5.74, 6) is 0.871. The summed E-state index contributed by atoms with van der Waals surface area (Å²) in [6, 6.07) is 18.5. The lowest BCUT2D eigenvalue weighted by atomic mass is 10.1. The molecule has 0 heterocycles. The molecule has 3 rings (SSSR count). The zero-order valence-electron chi connectivity index (χ0n) is 11.5. The minimum Gasteiger partial charge on any atom is -0.505 e. The molecule has 0 spiro atoms. The predicted octanol–water partition coefficient (Wildman–Crippen LogP) is 4.97. The quantitative estimate of drug-likeness (QED) is 0.688. The number of rotatable bonds is 3. The van der Waals surface area contributed by atoms with E-state index >= 15 is 0 Å². The van der Waals surface area contributed by atoms with Crippen LogP contribution in [0.15, 0.2) is 70.9 Å². The van der Waals surface area contributed by atoms with Gasteiger partial charge in [-0.1, -0.05) is 24.3 Å². The van der Waals surface area contributed by atoms with Crippen molar-refractivity contribution in [2.75, 3.05) is 7.11 Å². The van der Waals surface area contributed by atoms with Crippen LogP contribution < -0.4 is 4.74 Å². The Hall–Kier alpha value is -2.88. The fourth-order valence-corrected chi connectivity index (χ4v) is 2.09. The van der Waals surface area contributed by atoms with Crippen molar-refractivity contribution >= 4 is 22.1 Å². The van der Waals surface area contributed by atoms with E-state index in [0.717, 1.165) is 22.2 Å². The first-order valence-corrected chi connectivity index (χ1v) is 6.54. The summed E-state index contributed by atoms with van der Waals surface area (Å²) in [5.41, 5.74) is 1.18. The van der Waals surface area contributed by atoms with Gasteiger partial charge in [-0.2, -0.15) is 5.11 Å². The third-order valence-electron chi connectivity index (χ3n) is 3.21. The molecule has 0 amide bonds. The molecule has 0 unspecified atom stereocenters. The Kier molecular flexibility index (Phi) is 3.51. The van der Waals surface area contributed by atoms with Crippen LogP contribution in [0.4, 0.5) is 11.4 Å². The van der Waals surface area contributed by atoms with Crippen LogP contribution in [0.3, 0.4) is 0 Å². The number of nitrogens with zero attached hydrogens (tertiary/aromatic N) is 2. The van der Waals surface area contributed by atoms with E-state index in [9.17, 15) is 5.11 Å². The van der Waals surface area contributed by atoms with Crippen molar-refractivity contribution < 1.29 is 9.84 Å². The molecule has 0 fully saturated rings. The van der Waals surface area contributed by atoms with E-state index in [1.165, 1.54) is 0 Å². The lowest BCUT2D eigenvalue weighted by Crippen LogP contribution is -1.82. The van der Waals surface area contributed by atoms with Crippen LogP contribution in [0.1, 0.15) is 0 Å². The largest absolute Gasteiger partial charge is 0.505 e. The van der Waals surface area contributed by atoms with Gasteiger partial charge in [0, 0.05) is 5.39 Å². The lowest BCUT2D eigenvalue weighted by Gasteiger charge is -2.05. The normalized spacial score (nSPS) is 11.1. The molecule has 3 aromatic carbocycles. The molecular formula is C17H14N2O2. The molecule has 0 saturated heterocycles. The molecule has 0 saturated carbocycles. The van der Waals surface area contributed by atoms with Gasteiger partial charge in [0.25, 0.3) is 0 Å². The van der Waals surface area contributed by atoms with E-state index in [-0.39, 0.29) is 5.75 Å². The second kappa shape index (κ2) is 5.63. The maximum atomic E-state index is 10.3. The summed E-state index contributed by atoms with van der Waals surface area (Å²) < 4.78 is 5.17. The van der Waals surface area contributed by atoms with E-state index in [1.807, 2.05) is 48.5 Å². The van der Waals surface area contributed by atoms with Crippen LogP contribution in [0.25, 0.3) is 10.8 Å². The van der Waals surface area contributed by atoms with Crippen molar-refractivity contribution in [1.29, 1.82) is 0 Å². The molecule has 0 bridgehead atoms. The second-order valence-corrected chi connectivity index (χ2v) is 4.56. The Morgan fingerprint density at radius 1 is 0.905 bits per heavy atom. The standard InChI is InChI=1S/C17H14N2O2/c1-21-14-8-9-15-12(11-14)7-10-16(17(15)20)19-18-13-5-3-2-4-6-13/h2-11,20H,1H3. The predicted molar refractivity (Wildman–Crippen MR) is 82.8 cm³/mol. The maximum absolute atomic E-state index is 10.3. The number of ether oxygens (including phenoxy) is 1. The summed E-state index contributed by atoms with van der Waals surface area (Å²) in [6.45, 7) is 0. The van der Waals surface area contributed by atoms with Crippen molar-refractivity contribution in [3.63, 3.8) is 0 Å². The van der Waals surface area contributed by atoms with Gasteiger partial charge in [0.05, 0.1) is 12.8 Å². The van der Waals surface area contributed by atoms with Crippen LogP contribution >= 0.6 is 0 Å². The van der Waals surface area contributed by atoms with Crippen molar-refractivity contribution in [3.05, 3.63) is 60.7 Å². The van der Waals surface area contributed by atoms with Gasteiger partial charge in [-0.15, -0.1) is 5.11 Å². The fraction of sp³-hybridized carbons (Fsp3) is 0.0588. The summed E-state index contributed by atoms with van der Waals surface area (Å²) >= 11 is 0. The van der Waals surface area contributed by atoms with Gasteiger partial charge in [0.15, 0.2) is 5.75 Å². The average Bonchev–Trinajstić information content (AvgIpc) is 2.55. The Morgan fingerprint density at radius 2 is 1.71 bits per heavy atom. The summed E-state index contributed by atoms with van der Waals surface area (Å²) in [4.78, 5) is 0. The number of benzene rings is 3. The number of hydrogen-bond acceptors (Lipinski definition) is 4. The van der Waals surface area contributed by atoms with Gasteiger partial charge in [-0.3, -0.25) is 0 Å². The molecule has 0 aliphatic rings. The molecular weight excluding hydrogens is 264 g/mol. The molecule has 104 valence electrons. The van der Waals surface area contributed by atoms with Crippen LogP contribution in [-0.2, 0) is 0 Å². The molecule has 0 aromatic heterocycles. The minimum absolute atomic E-state index is 0.120. The highest BCUT2D eigenvalue weighted by atomic mass is 16.5. The van der Waals surface area contributed by atoms with Gasteiger partial charge >= 0.3 is 0 Å². The van der Waals surface area contributed by atoms with Crippen LogP contribution in [0.5, 0.6) is 11.5 Å². The first kappa shape index (κ1) is 13.1. The van der Waals surface area contributed by atoms with Crippen molar-refractivity contribution in [2.45, 2.75) is 0 Å². The van der Waals surface area contributed by atoms with Crippen molar-refractivity contribution in [2.24, 2.45) is 10.2 Å². The van der Waals surface area contributed by atoms with E-state index in [4.69, 9.17) is 4.74 Å². The average molecular weight is 278 g/mol. The van der Waals surface area contributed by atoms with E-state index in [0.29, 0.717) is 5.69 Å². The number of phenolic OH excluding ortho intramolecular Hbond substituents is 1. The highest BCUT2D eigenvalue weighted by molar-refractivity contribution is 5.93. The number of aromatic hydroxyl groups is 1. The first-order valence-electron chi connectivity index (χ1n) is 6.54. The number of azo groups is 1. The van der Waals surface area contributed by atoms with Crippen LogP contribution in [0, 0.1) is 0 Å². The Balaban J connectivity index is 2.00. The van der Waals surface area contributed by atoms with Gasteiger partial charge in [0.2, 0.25) is 0 Å². The molecule has 21 heavy (non-hydrogen) atoms. The second-order valence-electron chi connectivity index (χ2n) is 4.56. The van der Waals surface area contributed by atoms with Gasteiger partial charge in [-0.25, -0.2) is 0 Å². The van der Waals surface area contributed by atoms with E-state index in [1.54, 1.807) is 19.2 Å². The van der Waals surface area contributed by atoms with Gasteiger partial charge in [0.1, 0.15) is 11.4 Å². The third-order valence-corrected chi connectivity index (χ3v) is 3.21. The van der Waals surface area contributed by atoms with Crippen LogP contribution in [-0.4, -0.2) is 12.2 Å². The highest BCUT2D eigenvalue weighted by Gasteiger charge is 2.06. The summed E-state index contributed by atoms with van der Waals surface area (Å²) in [6.07, 6.45) is 0. The van der Waals surface area contributed by atoms with E-state index < -0.39 is 0 Å². The Labute approximate surface area is 122 Å². The molecule has 0 aliphatic carbocycles. The lowest BCUT2D eigenvalue weighted by molar-refractivity contribution is 0.415. The number of hydrogen-bond donors (Lipinski definition) is 1. The van der Waals surface area contributed by atoms with Gasteiger partial charge in [-0.05, 0) is 41.8 Å². The molecule has 0 aliphatic heterocycles. The molecule has 1 N–H and O–H groups in total. The summed E-state index contributed by atoms with van der Waals surface area (Å²) in [7, 11) is 1.61. The van der Waals surface area contributed by atoms with Crippen LogP contribution in [0.2, 0.25) is 0 Å². The maximum Gasteiger partial charge on any atom is 0.150 e. The molecule has 0 radical (unpaired) electrons. The number of fused-ring (bicyclic) bond motifs is 1. The van der Waals surface area contributed by atoms with E-state index in [2.05, 4.69) is 10.2 Å². The van der Waals surface area contributed by atoms with Gasteiger partial charge < -0.3 is 9.84 Å². The van der Waals surface area contributed by atoms with Crippen molar-refractivity contribution in [3.8, 4) is 11.5 Å².